The summed E-state index contributed by atoms with van der Waals surface area (Å²) in [5.41, 5.74) is 2.73. The highest BCUT2D eigenvalue weighted by atomic mass is 32.2. The van der Waals surface area contributed by atoms with Crippen molar-refractivity contribution in [1.29, 1.82) is 0 Å². The maximum absolute atomic E-state index is 12.3. The van der Waals surface area contributed by atoms with Crippen molar-refractivity contribution in [3.05, 3.63) is 60.7 Å². The van der Waals surface area contributed by atoms with Gasteiger partial charge in [-0.3, -0.25) is 4.79 Å². The summed E-state index contributed by atoms with van der Waals surface area (Å²) in [5, 5.41) is 11.8. The molecule has 2 N–H and O–H groups in total. The minimum atomic E-state index is -0.0355. The fourth-order valence-electron chi connectivity index (χ4n) is 2.72. The zero-order chi connectivity index (χ0) is 20.2. The number of aryl methyl sites for hydroxylation is 1. The third-order valence-electron chi connectivity index (χ3n) is 4.27. The minimum Gasteiger partial charge on any atom is -0.341 e. The monoisotopic (exact) mass is 424 g/mol. The number of carbonyl (C=O) groups excluding carboxylic acids is 1. The predicted molar refractivity (Wildman–Crippen MR) is 117 cm³/mol. The Labute approximate surface area is 176 Å². The lowest BCUT2D eigenvalue weighted by Gasteiger charge is -2.09. The quantitative estimate of drug-likeness (QED) is 0.460. The maximum atomic E-state index is 12.3. The third kappa shape index (κ3) is 4.80. The second-order valence-electron chi connectivity index (χ2n) is 6.49. The molecule has 0 saturated carbocycles. The van der Waals surface area contributed by atoms with Crippen LogP contribution >= 0.6 is 23.5 Å². The van der Waals surface area contributed by atoms with E-state index in [1.807, 2.05) is 67.1 Å². The molecule has 0 aliphatic rings. The van der Waals surface area contributed by atoms with Gasteiger partial charge in [0, 0.05) is 17.6 Å². The Morgan fingerprint density at radius 3 is 2.72 bits per heavy atom. The third-order valence-corrected chi connectivity index (χ3v) is 6.49. The van der Waals surface area contributed by atoms with Gasteiger partial charge in [-0.1, -0.05) is 12.1 Å². The molecule has 4 aromatic rings. The predicted octanol–water partition coefficient (Wildman–Crippen LogP) is 4.28. The van der Waals surface area contributed by atoms with E-state index in [1.54, 1.807) is 18.1 Å². The van der Waals surface area contributed by atoms with E-state index in [0.717, 1.165) is 32.6 Å². The van der Waals surface area contributed by atoms with Gasteiger partial charge in [-0.2, -0.15) is 0 Å². The highest BCUT2D eigenvalue weighted by molar-refractivity contribution is 8.00. The summed E-state index contributed by atoms with van der Waals surface area (Å²) in [5.74, 6) is 1.20. The van der Waals surface area contributed by atoms with Crippen molar-refractivity contribution in [3.8, 4) is 0 Å². The van der Waals surface area contributed by atoms with Crippen LogP contribution < -0.4 is 5.32 Å². The number of amides is 1. The molecule has 148 valence electrons. The summed E-state index contributed by atoms with van der Waals surface area (Å²) < 4.78 is 1.86. The number of nitrogens with one attached hydrogen (secondary N) is 2. The average Bonchev–Trinajstić information content (AvgIpc) is 3.34. The number of rotatable bonds is 7. The van der Waals surface area contributed by atoms with Crippen LogP contribution in [-0.4, -0.2) is 36.4 Å². The van der Waals surface area contributed by atoms with Crippen LogP contribution in [0, 0.1) is 0 Å². The number of hydrogen-bond acceptors (Lipinski definition) is 6. The first-order valence-electron chi connectivity index (χ1n) is 9.06. The van der Waals surface area contributed by atoms with Crippen LogP contribution in [0.2, 0.25) is 0 Å². The number of aromatic nitrogens is 5. The number of hydrogen-bond donors (Lipinski definition) is 2. The van der Waals surface area contributed by atoms with Crippen molar-refractivity contribution in [2.75, 3.05) is 11.1 Å². The van der Waals surface area contributed by atoms with Crippen LogP contribution in [0.15, 0.2) is 64.9 Å². The zero-order valence-corrected chi connectivity index (χ0v) is 17.6. The van der Waals surface area contributed by atoms with Crippen LogP contribution in [0.5, 0.6) is 0 Å². The van der Waals surface area contributed by atoms with Crippen LogP contribution in [0.25, 0.3) is 11.0 Å². The number of imidazole rings is 1. The number of aromatic amines is 1. The van der Waals surface area contributed by atoms with Crippen LogP contribution in [-0.2, 0) is 11.8 Å². The Balaban J connectivity index is 1.29. The van der Waals surface area contributed by atoms with Crippen molar-refractivity contribution >= 4 is 46.2 Å². The highest BCUT2D eigenvalue weighted by Gasteiger charge is 2.13. The number of nitrogens with zero attached hydrogens (tertiary/aromatic N) is 4. The lowest BCUT2D eigenvalue weighted by atomic mass is 10.3. The van der Waals surface area contributed by atoms with Gasteiger partial charge in [0.15, 0.2) is 5.16 Å². The topological polar surface area (TPSA) is 88.5 Å². The fraction of sp³-hybridized carbons (Fsp3) is 0.200. The van der Waals surface area contributed by atoms with Gasteiger partial charge in [0.05, 0.1) is 22.0 Å². The van der Waals surface area contributed by atoms with E-state index >= 15 is 0 Å². The molecule has 9 heteroatoms. The molecule has 1 amide bonds. The molecule has 2 aromatic carbocycles. The molecular formula is C20H20N6OS2. The second-order valence-corrected chi connectivity index (χ2v) is 8.86. The van der Waals surface area contributed by atoms with Gasteiger partial charge >= 0.3 is 0 Å². The van der Waals surface area contributed by atoms with Crippen LogP contribution in [0.4, 0.5) is 5.69 Å². The number of anilines is 1. The average molecular weight is 425 g/mol. The van der Waals surface area contributed by atoms with Crippen LogP contribution in [0.3, 0.4) is 0 Å². The van der Waals surface area contributed by atoms with E-state index < -0.39 is 0 Å². The molecule has 0 aliphatic carbocycles. The van der Waals surface area contributed by atoms with E-state index in [0.29, 0.717) is 5.75 Å². The molecule has 1 unspecified atom stereocenters. The molecule has 29 heavy (non-hydrogen) atoms. The normalized spacial score (nSPS) is 12.2. The minimum absolute atomic E-state index is 0.0355. The van der Waals surface area contributed by atoms with E-state index in [4.69, 9.17) is 0 Å². The summed E-state index contributed by atoms with van der Waals surface area (Å²) in [6.45, 7) is 2.05. The Hall–Kier alpha value is -2.78. The molecule has 0 bridgehead atoms. The fourth-order valence-corrected chi connectivity index (χ4v) is 4.22. The van der Waals surface area contributed by atoms with E-state index in [-0.39, 0.29) is 11.2 Å². The molecule has 4 rings (SSSR count). The summed E-state index contributed by atoms with van der Waals surface area (Å²) in [6.07, 6.45) is 1.67. The summed E-state index contributed by atoms with van der Waals surface area (Å²) in [6, 6.07) is 15.6. The van der Waals surface area contributed by atoms with Crippen LogP contribution in [0.1, 0.15) is 18.0 Å². The van der Waals surface area contributed by atoms with Gasteiger partial charge in [-0.25, -0.2) is 4.98 Å². The SMILES string of the molecule is CC(SCC(=O)Nc1ccc(Sc2nncn2C)cc1)c1nc2ccccc2[nH]1. The molecular weight excluding hydrogens is 404 g/mol. The first kappa shape index (κ1) is 19.5. The number of thioether (sulfide) groups is 1. The van der Waals surface area contributed by atoms with Gasteiger partial charge in [-0.15, -0.1) is 22.0 Å². The number of benzene rings is 2. The number of carbonyl (C=O) groups is 1. The first-order chi connectivity index (χ1) is 14.1. The van der Waals surface area contributed by atoms with E-state index in [9.17, 15) is 4.79 Å². The number of fused-ring (bicyclic) bond motifs is 1. The van der Waals surface area contributed by atoms with E-state index in [1.165, 1.54) is 11.8 Å². The second kappa shape index (κ2) is 8.71. The Morgan fingerprint density at radius 2 is 2.00 bits per heavy atom. The molecule has 7 nitrogen and oxygen atoms in total. The molecule has 0 aliphatic heterocycles. The Kier molecular flexibility index (Phi) is 5.86. The van der Waals surface area contributed by atoms with Gasteiger partial charge in [0.25, 0.3) is 0 Å². The molecule has 2 aromatic heterocycles. The molecule has 0 radical (unpaired) electrons. The van der Waals surface area contributed by atoms with E-state index in [2.05, 4.69) is 25.5 Å². The number of para-hydroxylation sites is 2. The molecule has 1 atom stereocenters. The highest BCUT2D eigenvalue weighted by Crippen LogP contribution is 2.28. The lowest BCUT2D eigenvalue weighted by Crippen LogP contribution is -2.14. The molecule has 0 fully saturated rings. The molecule has 2 heterocycles. The standard InChI is InChI=1S/C20H20N6OS2/c1-13(19-23-16-5-3-4-6-17(16)24-19)28-11-18(27)22-14-7-9-15(10-8-14)29-20-25-21-12-26(20)2/h3-10,12-13H,11H2,1-2H3,(H,22,27)(H,23,24). The number of H-pyrrole nitrogens is 1. The summed E-state index contributed by atoms with van der Waals surface area (Å²) in [7, 11) is 1.90. The van der Waals surface area contributed by atoms with Gasteiger partial charge in [0.1, 0.15) is 12.2 Å². The Morgan fingerprint density at radius 1 is 1.21 bits per heavy atom. The summed E-state index contributed by atoms with van der Waals surface area (Å²) in [4.78, 5) is 21.3. The lowest BCUT2D eigenvalue weighted by molar-refractivity contribution is -0.113. The van der Waals surface area contributed by atoms with Crippen molar-refractivity contribution in [3.63, 3.8) is 0 Å². The molecule has 0 spiro atoms. The van der Waals surface area contributed by atoms with Gasteiger partial charge in [0.2, 0.25) is 5.91 Å². The molecule has 0 saturated heterocycles. The van der Waals surface area contributed by atoms with Gasteiger partial charge < -0.3 is 14.9 Å². The summed E-state index contributed by atoms with van der Waals surface area (Å²) >= 11 is 3.08. The van der Waals surface area contributed by atoms with Crippen molar-refractivity contribution in [2.45, 2.75) is 22.2 Å². The Bertz CT molecular complexity index is 1090. The smallest absolute Gasteiger partial charge is 0.234 e. The van der Waals surface area contributed by atoms with Gasteiger partial charge in [-0.05, 0) is 55.1 Å². The van der Waals surface area contributed by atoms with Crippen molar-refractivity contribution in [1.82, 2.24) is 24.7 Å². The van der Waals surface area contributed by atoms with Crippen molar-refractivity contribution < 1.29 is 4.79 Å². The largest absolute Gasteiger partial charge is 0.341 e. The maximum Gasteiger partial charge on any atom is 0.234 e. The van der Waals surface area contributed by atoms with Crippen molar-refractivity contribution in [2.24, 2.45) is 7.05 Å². The zero-order valence-electron chi connectivity index (χ0n) is 16.0. The first-order valence-corrected chi connectivity index (χ1v) is 10.9.